The van der Waals surface area contributed by atoms with Gasteiger partial charge < -0.3 is 5.32 Å². The first-order valence-corrected chi connectivity index (χ1v) is 7.13. The van der Waals surface area contributed by atoms with Crippen molar-refractivity contribution >= 4 is 28.2 Å². The monoisotopic (exact) mass is 342 g/mol. The molecule has 1 N–H and O–H groups in total. The maximum absolute atomic E-state index is 13.1. The normalized spacial score (nSPS) is 10.6. The van der Waals surface area contributed by atoms with Gasteiger partial charge in [0.05, 0.1) is 22.2 Å². The number of nitrogens with one attached hydrogen (secondary N) is 1. The lowest BCUT2D eigenvalue weighted by atomic mass is 10.2. The topological polar surface area (TPSA) is 107 Å². The van der Waals surface area contributed by atoms with E-state index < -0.39 is 22.2 Å². The number of rotatable bonds is 4. The average molecular weight is 342 g/mol. The van der Waals surface area contributed by atoms with Gasteiger partial charge in [0.1, 0.15) is 12.4 Å². The van der Waals surface area contributed by atoms with Crippen LogP contribution >= 0.6 is 0 Å². The number of non-ortho nitro benzene ring substituents is 1. The summed E-state index contributed by atoms with van der Waals surface area (Å²) in [6.07, 6.45) is 1.14. The molecule has 8 nitrogen and oxygen atoms in total. The molecule has 0 aliphatic carbocycles. The summed E-state index contributed by atoms with van der Waals surface area (Å²) < 4.78 is 14.2. The molecule has 0 aliphatic rings. The number of anilines is 1. The standard InChI is InChI=1S/C16H11FN4O4/c17-10-2-1-3-11(6-10)19-15(22)8-20-9-18-14-7-12(21(24)25)4-5-13(14)16(20)23/h1-7,9H,8H2,(H,19,22). The van der Waals surface area contributed by atoms with E-state index in [4.69, 9.17) is 0 Å². The van der Waals surface area contributed by atoms with Crippen LogP contribution in [0, 0.1) is 15.9 Å². The fourth-order valence-corrected chi connectivity index (χ4v) is 2.29. The Kier molecular flexibility index (Phi) is 4.21. The van der Waals surface area contributed by atoms with E-state index >= 15 is 0 Å². The van der Waals surface area contributed by atoms with Crippen molar-refractivity contribution in [1.29, 1.82) is 0 Å². The Morgan fingerprint density at radius 3 is 2.80 bits per heavy atom. The Balaban J connectivity index is 1.85. The van der Waals surface area contributed by atoms with E-state index in [1.807, 2.05) is 0 Å². The number of carbonyl (C=O) groups excluding carboxylic acids is 1. The molecule has 0 saturated heterocycles. The second-order valence-electron chi connectivity index (χ2n) is 5.19. The van der Waals surface area contributed by atoms with Crippen molar-refractivity contribution in [2.75, 3.05) is 5.32 Å². The summed E-state index contributed by atoms with van der Waals surface area (Å²) in [6.45, 7) is -0.324. The zero-order valence-electron chi connectivity index (χ0n) is 12.7. The highest BCUT2D eigenvalue weighted by molar-refractivity contribution is 5.90. The fourth-order valence-electron chi connectivity index (χ4n) is 2.29. The predicted octanol–water partition coefficient (Wildman–Crippen LogP) is 2.08. The summed E-state index contributed by atoms with van der Waals surface area (Å²) in [7, 11) is 0. The molecule has 0 atom stereocenters. The van der Waals surface area contributed by atoms with E-state index in [9.17, 15) is 24.1 Å². The van der Waals surface area contributed by atoms with Gasteiger partial charge in [-0.1, -0.05) is 6.07 Å². The zero-order chi connectivity index (χ0) is 18.0. The zero-order valence-corrected chi connectivity index (χ0v) is 12.7. The van der Waals surface area contributed by atoms with Crippen LogP contribution in [0.1, 0.15) is 0 Å². The summed E-state index contributed by atoms with van der Waals surface area (Å²) in [6, 6.07) is 9.04. The molecular formula is C16H11FN4O4. The van der Waals surface area contributed by atoms with Gasteiger partial charge in [-0.15, -0.1) is 0 Å². The van der Waals surface area contributed by atoms with E-state index in [0.717, 1.165) is 17.0 Å². The molecule has 0 radical (unpaired) electrons. The molecule has 0 fully saturated rings. The van der Waals surface area contributed by atoms with Crippen LogP contribution in [0.5, 0.6) is 0 Å². The minimum absolute atomic E-state index is 0.159. The first-order valence-electron chi connectivity index (χ1n) is 7.13. The molecule has 3 aromatic rings. The minimum atomic E-state index is -0.584. The van der Waals surface area contributed by atoms with E-state index in [2.05, 4.69) is 10.3 Å². The highest BCUT2D eigenvalue weighted by Gasteiger charge is 2.12. The molecular weight excluding hydrogens is 331 g/mol. The van der Waals surface area contributed by atoms with E-state index in [0.29, 0.717) is 0 Å². The maximum atomic E-state index is 13.1. The van der Waals surface area contributed by atoms with Crippen molar-refractivity contribution in [2.45, 2.75) is 6.54 Å². The van der Waals surface area contributed by atoms with Gasteiger partial charge in [0.15, 0.2) is 0 Å². The summed E-state index contributed by atoms with van der Waals surface area (Å²) in [5, 5.41) is 13.4. The molecule has 0 aliphatic heterocycles. The van der Waals surface area contributed by atoms with Gasteiger partial charge in [-0.25, -0.2) is 9.37 Å². The third-order valence-corrected chi connectivity index (χ3v) is 3.44. The van der Waals surface area contributed by atoms with Crippen LogP contribution < -0.4 is 10.9 Å². The molecule has 1 amide bonds. The minimum Gasteiger partial charge on any atom is -0.324 e. The van der Waals surface area contributed by atoms with Crippen molar-refractivity contribution in [2.24, 2.45) is 0 Å². The number of hydrogen-bond donors (Lipinski definition) is 1. The number of carbonyl (C=O) groups is 1. The van der Waals surface area contributed by atoms with E-state index in [-0.39, 0.29) is 28.8 Å². The lowest BCUT2D eigenvalue weighted by Gasteiger charge is -2.08. The second kappa shape index (κ2) is 6.48. The second-order valence-corrected chi connectivity index (χ2v) is 5.19. The Morgan fingerprint density at radius 2 is 2.08 bits per heavy atom. The molecule has 0 unspecified atom stereocenters. The Labute approximate surface area is 139 Å². The smallest absolute Gasteiger partial charge is 0.271 e. The largest absolute Gasteiger partial charge is 0.324 e. The Hall–Kier alpha value is -3.62. The van der Waals surface area contributed by atoms with Crippen molar-refractivity contribution in [3.8, 4) is 0 Å². The van der Waals surface area contributed by atoms with E-state index in [1.54, 1.807) is 0 Å². The van der Waals surface area contributed by atoms with Crippen LogP contribution in [0.15, 0.2) is 53.6 Å². The number of aromatic nitrogens is 2. The van der Waals surface area contributed by atoms with Crippen molar-refractivity contribution in [3.63, 3.8) is 0 Å². The summed E-state index contributed by atoms with van der Waals surface area (Å²) in [5.74, 6) is -1.03. The van der Waals surface area contributed by atoms with Crippen molar-refractivity contribution < 1.29 is 14.1 Å². The number of benzene rings is 2. The van der Waals surface area contributed by atoms with Crippen LogP contribution in [0.2, 0.25) is 0 Å². The van der Waals surface area contributed by atoms with Crippen LogP contribution in [0.25, 0.3) is 10.9 Å². The van der Waals surface area contributed by atoms with Gasteiger partial charge in [-0.3, -0.25) is 24.3 Å². The van der Waals surface area contributed by atoms with E-state index in [1.165, 1.54) is 36.4 Å². The average Bonchev–Trinajstić information content (AvgIpc) is 2.57. The Bertz CT molecular complexity index is 1050. The third kappa shape index (κ3) is 3.50. The van der Waals surface area contributed by atoms with Gasteiger partial charge in [-0.2, -0.15) is 0 Å². The Morgan fingerprint density at radius 1 is 1.28 bits per heavy atom. The molecule has 0 spiro atoms. The van der Waals surface area contributed by atoms with Gasteiger partial charge in [0.25, 0.3) is 11.2 Å². The number of nitro benzene ring substituents is 1. The highest BCUT2D eigenvalue weighted by Crippen LogP contribution is 2.16. The number of nitro groups is 1. The van der Waals surface area contributed by atoms with Crippen LogP contribution in [-0.4, -0.2) is 20.4 Å². The SMILES string of the molecule is O=C(Cn1cnc2cc([N+](=O)[O-])ccc2c1=O)Nc1cccc(F)c1. The predicted molar refractivity (Wildman–Crippen MR) is 87.7 cm³/mol. The highest BCUT2D eigenvalue weighted by atomic mass is 19.1. The molecule has 25 heavy (non-hydrogen) atoms. The van der Waals surface area contributed by atoms with Crippen LogP contribution in [0.4, 0.5) is 15.8 Å². The van der Waals surface area contributed by atoms with Gasteiger partial charge >= 0.3 is 0 Å². The quantitative estimate of drug-likeness (QED) is 0.577. The molecule has 1 aromatic heterocycles. The van der Waals surface area contributed by atoms with Gasteiger partial charge in [0, 0.05) is 17.8 Å². The number of fused-ring (bicyclic) bond motifs is 1. The first-order chi connectivity index (χ1) is 11.9. The summed E-state index contributed by atoms with van der Waals surface area (Å²) in [4.78, 5) is 38.5. The fraction of sp³-hybridized carbons (Fsp3) is 0.0625. The number of nitrogens with zero attached hydrogens (tertiary/aromatic N) is 3. The molecule has 0 bridgehead atoms. The molecule has 1 heterocycles. The first kappa shape index (κ1) is 16.2. The third-order valence-electron chi connectivity index (χ3n) is 3.44. The number of halogens is 1. The maximum Gasteiger partial charge on any atom is 0.271 e. The summed E-state index contributed by atoms with van der Waals surface area (Å²) in [5.41, 5.74) is -0.251. The molecule has 126 valence electrons. The van der Waals surface area contributed by atoms with Crippen molar-refractivity contribution in [3.05, 3.63) is 75.1 Å². The van der Waals surface area contributed by atoms with Crippen LogP contribution in [0.3, 0.4) is 0 Å². The van der Waals surface area contributed by atoms with Crippen molar-refractivity contribution in [1.82, 2.24) is 9.55 Å². The van der Waals surface area contributed by atoms with Crippen LogP contribution in [-0.2, 0) is 11.3 Å². The lowest BCUT2D eigenvalue weighted by molar-refractivity contribution is -0.384. The lowest BCUT2D eigenvalue weighted by Crippen LogP contribution is -2.27. The van der Waals surface area contributed by atoms with Gasteiger partial charge in [-0.05, 0) is 24.3 Å². The molecule has 0 saturated carbocycles. The number of hydrogen-bond acceptors (Lipinski definition) is 5. The summed E-state index contributed by atoms with van der Waals surface area (Å²) >= 11 is 0. The molecule has 2 aromatic carbocycles. The molecule has 3 rings (SSSR count). The van der Waals surface area contributed by atoms with Gasteiger partial charge in [0.2, 0.25) is 5.91 Å². The molecule has 9 heteroatoms. The number of amides is 1.